The molecule has 138 valence electrons. The Morgan fingerprint density at radius 3 is 2.27 bits per heavy atom. The summed E-state index contributed by atoms with van der Waals surface area (Å²) >= 11 is 0. The number of hydrazine groups is 1. The van der Waals surface area contributed by atoms with E-state index in [9.17, 15) is 9.59 Å². The molecule has 0 atom stereocenters. The number of nitrogens with one attached hydrogen (secondary N) is 3. The first-order valence-electron chi connectivity index (χ1n) is 8.31. The molecule has 0 unspecified atom stereocenters. The summed E-state index contributed by atoms with van der Waals surface area (Å²) in [5.41, 5.74) is 5.53. The fraction of sp³-hybridized carbons (Fsp3) is 0.263. The Hall–Kier alpha value is -3.22. The molecule has 2 aromatic carbocycles. The zero-order valence-electron chi connectivity index (χ0n) is 14.7. The van der Waals surface area contributed by atoms with E-state index >= 15 is 0 Å². The van der Waals surface area contributed by atoms with Crippen LogP contribution in [0.25, 0.3) is 0 Å². The molecule has 0 aliphatic heterocycles. The lowest BCUT2D eigenvalue weighted by molar-refractivity contribution is -0.128. The van der Waals surface area contributed by atoms with Gasteiger partial charge < -0.3 is 14.8 Å². The molecule has 0 aliphatic rings. The van der Waals surface area contributed by atoms with Crippen LogP contribution < -0.4 is 25.6 Å². The number of benzene rings is 2. The van der Waals surface area contributed by atoms with E-state index in [4.69, 9.17) is 9.47 Å². The molecule has 0 saturated carbocycles. The molecule has 3 N–H and O–H groups in total. The Morgan fingerprint density at radius 1 is 0.885 bits per heavy atom. The van der Waals surface area contributed by atoms with Gasteiger partial charge in [0.15, 0.2) is 0 Å². The van der Waals surface area contributed by atoms with Crippen molar-refractivity contribution in [1.82, 2.24) is 10.9 Å². The standard InChI is InChI=1S/C19H23N3O4/c1-25-16-11-9-15(10-12-16)20-14-19(24)22-21-18(23)8-5-13-26-17-6-3-2-4-7-17/h2-4,6-7,9-12,20H,5,8,13-14H2,1H3,(H,21,23)(H,22,24). The van der Waals surface area contributed by atoms with Gasteiger partial charge in [0.05, 0.1) is 20.3 Å². The molecule has 0 radical (unpaired) electrons. The van der Waals surface area contributed by atoms with Crippen molar-refractivity contribution in [2.45, 2.75) is 12.8 Å². The molecule has 0 saturated heterocycles. The summed E-state index contributed by atoms with van der Waals surface area (Å²) in [5, 5.41) is 2.95. The fourth-order valence-corrected chi connectivity index (χ4v) is 2.08. The molecule has 2 aromatic rings. The Bertz CT molecular complexity index is 690. The van der Waals surface area contributed by atoms with Crippen molar-refractivity contribution in [1.29, 1.82) is 0 Å². The predicted molar refractivity (Wildman–Crippen MR) is 98.9 cm³/mol. The molecule has 0 aliphatic carbocycles. The highest BCUT2D eigenvalue weighted by molar-refractivity contribution is 5.84. The van der Waals surface area contributed by atoms with Crippen molar-refractivity contribution >= 4 is 17.5 Å². The van der Waals surface area contributed by atoms with Crippen LogP contribution >= 0.6 is 0 Å². The summed E-state index contributed by atoms with van der Waals surface area (Å²) in [5.74, 6) is 0.906. The Balaban J connectivity index is 1.55. The first-order valence-corrected chi connectivity index (χ1v) is 8.31. The molecule has 0 bridgehead atoms. The number of para-hydroxylation sites is 1. The van der Waals surface area contributed by atoms with Crippen LogP contribution in [0.15, 0.2) is 54.6 Å². The van der Waals surface area contributed by atoms with Crippen LogP contribution in [0, 0.1) is 0 Å². The van der Waals surface area contributed by atoms with Gasteiger partial charge in [-0.15, -0.1) is 0 Å². The van der Waals surface area contributed by atoms with E-state index in [2.05, 4.69) is 16.2 Å². The number of carbonyl (C=O) groups is 2. The normalized spacial score (nSPS) is 9.88. The number of hydrogen-bond acceptors (Lipinski definition) is 5. The van der Waals surface area contributed by atoms with Gasteiger partial charge in [0, 0.05) is 12.1 Å². The van der Waals surface area contributed by atoms with Crippen molar-refractivity contribution in [2.24, 2.45) is 0 Å². The van der Waals surface area contributed by atoms with Crippen molar-refractivity contribution in [3.63, 3.8) is 0 Å². The van der Waals surface area contributed by atoms with E-state index in [1.165, 1.54) is 0 Å². The maximum Gasteiger partial charge on any atom is 0.257 e. The first kappa shape index (κ1) is 19.1. The fourth-order valence-electron chi connectivity index (χ4n) is 2.08. The van der Waals surface area contributed by atoms with Gasteiger partial charge in [-0.25, -0.2) is 0 Å². The van der Waals surface area contributed by atoms with E-state index in [1.807, 2.05) is 30.3 Å². The van der Waals surface area contributed by atoms with Crippen LogP contribution in [0.3, 0.4) is 0 Å². The third-order valence-corrected chi connectivity index (χ3v) is 3.44. The van der Waals surface area contributed by atoms with E-state index in [-0.39, 0.29) is 24.8 Å². The molecule has 26 heavy (non-hydrogen) atoms. The highest BCUT2D eigenvalue weighted by Crippen LogP contribution is 2.14. The average molecular weight is 357 g/mol. The van der Waals surface area contributed by atoms with E-state index in [1.54, 1.807) is 31.4 Å². The minimum absolute atomic E-state index is 0.0454. The van der Waals surface area contributed by atoms with Gasteiger partial charge in [0.25, 0.3) is 5.91 Å². The lowest BCUT2D eigenvalue weighted by Gasteiger charge is -2.10. The quantitative estimate of drug-likeness (QED) is 0.472. The minimum atomic E-state index is -0.338. The number of hydrogen-bond donors (Lipinski definition) is 3. The van der Waals surface area contributed by atoms with Gasteiger partial charge in [0.1, 0.15) is 11.5 Å². The van der Waals surface area contributed by atoms with Crippen LogP contribution in [0.1, 0.15) is 12.8 Å². The zero-order valence-corrected chi connectivity index (χ0v) is 14.7. The minimum Gasteiger partial charge on any atom is -0.497 e. The summed E-state index contributed by atoms with van der Waals surface area (Å²) in [4.78, 5) is 23.4. The molecule has 0 fully saturated rings. The molecule has 0 spiro atoms. The van der Waals surface area contributed by atoms with E-state index < -0.39 is 0 Å². The smallest absolute Gasteiger partial charge is 0.257 e. The molecule has 7 nitrogen and oxygen atoms in total. The molecule has 2 amide bonds. The second-order valence-electron chi connectivity index (χ2n) is 5.44. The van der Waals surface area contributed by atoms with Gasteiger partial charge in [-0.3, -0.25) is 20.4 Å². The monoisotopic (exact) mass is 357 g/mol. The second kappa shape index (κ2) is 10.6. The summed E-state index contributed by atoms with van der Waals surface area (Å²) in [6, 6.07) is 16.6. The predicted octanol–water partition coefficient (Wildman–Crippen LogP) is 2.11. The SMILES string of the molecule is COc1ccc(NCC(=O)NNC(=O)CCCOc2ccccc2)cc1. The van der Waals surface area contributed by atoms with Gasteiger partial charge in [-0.05, 0) is 42.8 Å². The maximum absolute atomic E-state index is 11.7. The zero-order chi connectivity index (χ0) is 18.6. The van der Waals surface area contributed by atoms with Crippen molar-refractivity contribution in [3.8, 4) is 11.5 Å². The third kappa shape index (κ3) is 7.12. The number of carbonyl (C=O) groups excluding carboxylic acids is 2. The van der Waals surface area contributed by atoms with Crippen LogP contribution in [0.2, 0.25) is 0 Å². The second-order valence-corrected chi connectivity index (χ2v) is 5.44. The number of anilines is 1. The molecule has 0 heterocycles. The molecule has 0 aromatic heterocycles. The molecule has 2 rings (SSSR count). The highest BCUT2D eigenvalue weighted by atomic mass is 16.5. The Kier molecular flexibility index (Phi) is 7.79. The van der Waals surface area contributed by atoms with Crippen LogP contribution in [-0.2, 0) is 9.59 Å². The molecular formula is C19H23N3O4. The first-order chi connectivity index (χ1) is 12.7. The lowest BCUT2D eigenvalue weighted by Crippen LogP contribution is -2.44. The lowest BCUT2D eigenvalue weighted by atomic mass is 10.3. The Morgan fingerprint density at radius 2 is 1.58 bits per heavy atom. The third-order valence-electron chi connectivity index (χ3n) is 3.44. The average Bonchev–Trinajstić information content (AvgIpc) is 2.69. The van der Waals surface area contributed by atoms with Gasteiger partial charge in [-0.2, -0.15) is 0 Å². The summed E-state index contributed by atoms with van der Waals surface area (Å²) in [6.45, 7) is 0.480. The molecule has 7 heteroatoms. The van der Waals surface area contributed by atoms with Crippen LogP contribution in [0.5, 0.6) is 11.5 Å². The number of methoxy groups -OCH3 is 1. The van der Waals surface area contributed by atoms with Gasteiger partial charge >= 0.3 is 0 Å². The summed E-state index contributed by atoms with van der Waals surface area (Å²) in [7, 11) is 1.59. The largest absolute Gasteiger partial charge is 0.497 e. The maximum atomic E-state index is 11.7. The van der Waals surface area contributed by atoms with E-state index in [0.29, 0.717) is 13.0 Å². The molecular weight excluding hydrogens is 334 g/mol. The van der Waals surface area contributed by atoms with Crippen molar-refractivity contribution in [3.05, 3.63) is 54.6 Å². The Labute approximate surface area is 152 Å². The van der Waals surface area contributed by atoms with E-state index in [0.717, 1.165) is 17.2 Å². The van der Waals surface area contributed by atoms with Crippen molar-refractivity contribution < 1.29 is 19.1 Å². The summed E-state index contributed by atoms with van der Waals surface area (Å²) < 4.78 is 10.6. The number of rotatable bonds is 9. The topological polar surface area (TPSA) is 88.7 Å². The number of amides is 2. The van der Waals surface area contributed by atoms with Gasteiger partial charge in [-0.1, -0.05) is 18.2 Å². The summed E-state index contributed by atoms with van der Waals surface area (Å²) in [6.07, 6.45) is 0.819. The van der Waals surface area contributed by atoms with Crippen LogP contribution in [-0.4, -0.2) is 32.1 Å². The number of ether oxygens (including phenoxy) is 2. The van der Waals surface area contributed by atoms with Crippen LogP contribution in [0.4, 0.5) is 5.69 Å². The van der Waals surface area contributed by atoms with Gasteiger partial charge in [0.2, 0.25) is 5.91 Å². The van der Waals surface area contributed by atoms with Crippen molar-refractivity contribution in [2.75, 3.05) is 25.6 Å². The highest BCUT2D eigenvalue weighted by Gasteiger charge is 2.05.